The number of hydrogen-bond acceptors (Lipinski definition) is 8. The van der Waals surface area contributed by atoms with E-state index in [1.165, 1.54) is 0 Å². The van der Waals surface area contributed by atoms with Crippen LogP contribution < -0.4 is 22.9 Å². The first-order chi connectivity index (χ1) is 10.7. The second-order valence-electron chi connectivity index (χ2n) is 4.58. The van der Waals surface area contributed by atoms with Gasteiger partial charge in [-0.15, -0.1) is 49.6 Å². The van der Waals surface area contributed by atoms with Crippen LogP contribution in [0, 0.1) is 0 Å². The third-order valence-corrected chi connectivity index (χ3v) is 2.79. The molecule has 2 heterocycles. The van der Waals surface area contributed by atoms with Crippen LogP contribution in [0.4, 0.5) is 0 Å². The van der Waals surface area contributed by atoms with Crippen molar-refractivity contribution in [1.29, 1.82) is 0 Å². The predicted molar refractivity (Wildman–Crippen MR) is 118 cm³/mol. The molecular weight excluding hydrogens is 438 g/mol. The summed E-state index contributed by atoms with van der Waals surface area (Å²) in [5, 5.41) is 0. The van der Waals surface area contributed by atoms with Gasteiger partial charge in [0.2, 0.25) is 0 Å². The first-order valence-electron chi connectivity index (χ1n) is 7.14. The zero-order valence-electron chi connectivity index (χ0n) is 14.7. The fourth-order valence-electron chi connectivity index (χ4n) is 1.62. The summed E-state index contributed by atoms with van der Waals surface area (Å²) in [5.74, 6) is 1.33. The summed E-state index contributed by atoms with van der Waals surface area (Å²) in [7, 11) is 0. The van der Waals surface area contributed by atoms with Gasteiger partial charge >= 0.3 is 0 Å². The van der Waals surface area contributed by atoms with Crippen molar-refractivity contribution < 1.29 is 5.48 Å². The highest BCUT2D eigenvalue weighted by atomic mass is 35.5. The number of halogens is 4. The normalized spacial score (nSPS) is 10.5. The van der Waals surface area contributed by atoms with Crippen LogP contribution >= 0.6 is 49.6 Å². The molecule has 160 valence electrons. The van der Waals surface area contributed by atoms with E-state index in [9.17, 15) is 0 Å². The quantitative estimate of drug-likeness (QED) is 0.472. The van der Waals surface area contributed by atoms with E-state index < -0.39 is 0 Å². The Morgan fingerprint density at radius 3 is 1.11 bits per heavy atom. The number of hydrogen-bond donors (Lipinski definition) is 4. The lowest BCUT2D eigenvalue weighted by Gasteiger charge is -2.06. The van der Waals surface area contributed by atoms with Crippen LogP contribution in [-0.2, 0) is 0 Å². The molecule has 2 atom stereocenters. The molecule has 0 saturated carbocycles. The summed E-state index contributed by atoms with van der Waals surface area (Å²) in [6.45, 7) is 1.14. The molecule has 0 aliphatic carbocycles. The van der Waals surface area contributed by atoms with Gasteiger partial charge in [0.25, 0.3) is 0 Å². The van der Waals surface area contributed by atoms with Crippen molar-refractivity contribution in [3.63, 3.8) is 0 Å². The first kappa shape index (κ1) is 37.0. The summed E-state index contributed by atoms with van der Waals surface area (Å²) in [4.78, 5) is 16.0. The van der Waals surface area contributed by atoms with E-state index in [1.54, 1.807) is 36.9 Å². The monoisotopic (exact) mass is 466 g/mol. The molecule has 10 N–H and O–H groups in total. The third-order valence-electron chi connectivity index (χ3n) is 2.79. The van der Waals surface area contributed by atoms with Gasteiger partial charge in [0.05, 0.1) is 12.1 Å². The lowest BCUT2D eigenvalue weighted by atomic mass is 10.2. The largest absolute Gasteiger partial charge is 0.412 e. The van der Waals surface area contributed by atoms with Gasteiger partial charge in [-0.1, -0.05) is 0 Å². The molecule has 13 heteroatoms. The van der Waals surface area contributed by atoms with Crippen molar-refractivity contribution >= 4 is 49.6 Å². The minimum atomic E-state index is -0.124. The molecule has 2 unspecified atom stereocenters. The van der Waals surface area contributed by atoms with Crippen LogP contribution in [0.2, 0.25) is 0 Å². The molecule has 0 aromatic carbocycles. The molecule has 0 spiro atoms. The van der Waals surface area contributed by atoms with Gasteiger partial charge < -0.3 is 28.4 Å². The van der Waals surface area contributed by atoms with Crippen LogP contribution in [0.1, 0.15) is 36.6 Å². The highest BCUT2D eigenvalue weighted by Gasteiger charge is 2.06. The molecule has 27 heavy (non-hydrogen) atoms. The zero-order chi connectivity index (χ0) is 16.2. The Morgan fingerprint density at radius 1 is 0.630 bits per heavy atom. The summed E-state index contributed by atoms with van der Waals surface area (Å²) < 4.78 is 0. The molecule has 0 saturated heterocycles. The molecule has 0 radical (unpaired) electrons. The van der Waals surface area contributed by atoms with E-state index in [0.717, 1.165) is 12.8 Å². The van der Waals surface area contributed by atoms with Crippen molar-refractivity contribution in [2.75, 3.05) is 13.1 Å². The Morgan fingerprint density at radius 2 is 0.889 bits per heavy atom. The lowest BCUT2D eigenvalue weighted by Crippen LogP contribution is -2.17. The van der Waals surface area contributed by atoms with E-state index in [4.69, 9.17) is 22.9 Å². The minimum absolute atomic E-state index is 0. The van der Waals surface area contributed by atoms with Crippen LogP contribution in [0.5, 0.6) is 0 Å². The Labute approximate surface area is 184 Å². The lowest BCUT2D eigenvalue weighted by molar-refractivity contribution is 0.620. The van der Waals surface area contributed by atoms with Crippen molar-refractivity contribution in [1.82, 2.24) is 19.9 Å². The molecule has 2 rings (SSSR count). The van der Waals surface area contributed by atoms with E-state index in [2.05, 4.69) is 19.9 Å². The number of aromatic nitrogens is 4. The van der Waals surface area contributed by atoms with Gasteiger partial charge in [0.1, 0.15) is 11.6 Å². The Bertz CT molecular complexity index is 467. The van der Waals surface area contributed by atoms with Crippen LogP contribution in [0.15, 0.2) is 36.9 Å². The highest BCUT2D eigenvalue weighted by Crippen LogP contribution is 2.05. The molecule has 0 amide bonds. The molecule has 0 aliphatic rings. The molecule has 2 aromatic heterocycles. The van der Waals surface area contributed by atoms with E-state index in [-0.39, 0.29) is 67.2 Å². The van der Waals surface area contributed by atoms with Gasteiger partial charge in [-0.05, 0) is 38.1 Å². The Hall–Kier alpha value is -0.880. The molecular formula is C14H30Cl4N8O. The van der Waals surface area contributed by atoms with Crippen LogP contribution in [0.25, 0.3) is 0 Å². The molecule has 2 aromatic rings. The van der Waals surface area contributed by atoms with Gasteiger partial charge in [0.15, 0.2) is 0 Å². The maximum Gasteiger partial charge on any atom is 0.144 e. The summed E-state index contributed by atoms with van der Waals surface area (Å²) in [6.07, 6.45) is 8.17. The Kier molecular flexibility index (Phi) is 31.7. The number of rotatable bonds is 6. The standard InChI is InChI=1S/2C7H12N4.4ClH.H2O/c2*8-3-2-6(9)7-10-4-1-5-11-7;;;;;/h2*1,4-6H,2-3,8-9H2;4*1H;1H2. The maximum absolute atomic E-state index is 5.70. The fourth-order valence-corrected chi connectivity index (χ4v) is 1.62. The smallest absolute Gasteiger partial charge is 0.144 e. The minimum Gasteiger partial charge on any atom is -0.412 e. The van der Waals surface area contributed by atoms with Gasteiger partial charge in [0, 0.05) is 24.8 Å². The second-order valence-corrected chi connectivity index (χ2v) is 4.58. The van der Waals surface area contributed by atoms with Crippen molar-refractivity contribution in [3.8, 4) is 0 Å². The van der Waals surface area contributed by atoms with Crippen LogP contribution in [0.3, 0.4) is 0 Å². The van der Waals surface area contributed by atoms with Gasteiger partial charge in [-0.3, -0.25) is 0 Å². The Balaban J connectivity index is -0.000000101. The van der Waals surface area contributed by atoms with E-state index in [0.29, 0.717) is 24.7 Å². The van der Waals surface area contributed by atoms with Gasteiger partial charge in [-0.2, -0.15) is 0 Å². The third kappa shape index (κ3) is 15.8. The number of nitrogens with two attached hydrogens (primary N) is 4. The van der Waals surface area contributed by atoms with E-state index in [1.807, 2.05) is 0 Å². The number of nitrogens with zero attached hydrogens (tertiary/aromatic N) is 4. The molecule has 9 nitrogen and oxygen atoms in total. The zero-order valence-corrected chi connectivity index (χ0v) is 17.9. The molecule has 0 aliphatic heterocycles. The molecule has 0 fully saturated rings. The van der Waals surface area contributed by atoms with Crippen molar-refractivity contribution in [2.45, 2.75) is 24.9 Å². The topological polar surface area (TPSA) is 187 Å². The summed E-state index contributed by atoms with van der Waals surface area (Å²) in [6, 6.07) is 3.28. The fraction of sp³-hybridized carbons (Fsp3) is 0.429. The SMILES string of the molecule is Cl.Cl.Cl.Cl.NCCC(N)c1ncccn1.NCCC(N)c1ncccn1.O. The van der Waals surface area contributed by atoms with Gasteiger partial charge in [-0.25, -0.2) is 19.9 Å². The maximum atomic E-state index is 5.70. The average molecular weight is 468 g/mol. The first-order valence-corrected chi connectivity index (χ1v) is 7.14. The average Bonchev–Trinajstić information content (AvgIpc) is 2.57. The van der Waals surface area contributed by atoms with Crippen molar-refractivity contribution in [2.24, 2.45) is 22.9 Å². The summed E-state index contributed by atoms with van der Waals surface area (Å²) in [5.41, 5.74) is 22.1. The van der Waals surface area contributed by atoms with Crippen molar-refractivity contribution in [3.05, 3.63) is 48.6 Å². The van der Waals surface area contributed by atoms with Crippen LogP contribution in [-0.4, -0.2) is 38.5 Å². The van der Waals surface area contributed by atoms with E-state index >= 15 is 0 Å². The summed E-state index contributed by atoms with van der Waals surface area (Å²) >= 11 is 0. The highest BCUT2D eigenvalue weighted by molar-refractivity contribution is 5.86. The predicted octanol–water partition coefficient (Wildman–Crippen LogP) is 0.513. The second kappa shape index (κ2) is 23.2. The molecule has 0 bridgehead atoms.